The highest BCUT2D eigenvalue weighted by molar-refractivity contribution is 7.92. The summed E-state index contributed by atoms with van der Waals surface area (Å²) in [6.07, 6.45) is 1.38. The largest absolute Gasteiger partial charge is 0.378 e. The molecule has 1 N–H and O–H groups in total. The number of nitrogens with one attached hydrogen (secondary N) is 1. The van der Waals surface area contributed by atoms with Crippen molar-refractivity contribution in [1.82, 2.24) is 5.32 Å². The number of hydrogen-bond acceptors (Lipinski definition) is 3. The van der Waals surface area contributed by atoms with Crippen molar-refractivity contribution >= 4 is 9.84 Å². The standard InChI is InChI=1S/C7H15NO2S/c1-5-8-6-11(9,10)7(2,3)4/h5,8H,1,6H2,2-4H3. The zero-order valence-corrected chi connectivity index (χ0v) is 8.03. The molecule has 0 bridgehead atoms. The Morgan fingerprint density at radius 1 is 1.45 bits per heavy atom. The lowest BCUT2D eigenvalue weighted by Crippen LogP contribution is -2.34. The van der Waals surface area contributed by atoms with E-state index in [4.69, 9.17) is 0 Å². The van der Waals surface area contributed by atoms with E-state index in [1.54, 1.807) is 20.8 Å². The normalized spacial score (nSPS) is 12.6. The predicted octanol–water partition coefficient (Wildman–Crippen LogP) is 0.890. The Hall–Kier alpha value is -0.510. The van der Waals surface area contributed by atoms with E-state index in [1.807, 2.05) is 0 Å². The lowest BCUT2D eigenvalue weighted by molar-refractivity contribution is 0.557. The maximum Gasteiger partial charge on any atom is 0.172 e. The van der Waals surface area contributed by atoms with Crippen LogP contribution in [0.4, 0.5) is 0 Å². The quantitative estimate of drug-likeness (QED) is 0.696. The molecule has 11 heavy (non-hydrogen) atoms. The van der Waals surface area contributed by atoms with E-state index in [-0.39, 0.29) is 5.88 Å². The van der Waals surface area contributed by atoms with Crippen molar-refractivity contribution in [3.8, 4) is 0 Å². The van der Waals surface area contributed by atoms with Crippen molar-refractivity contribution in [3.05, 3.63) is 12.8 Å². The molecule has 0 aromatic rings. The summed E-state index contributed by atoms with van der Waals surface area (Å²) < 4.78 is 21.9. The van der Waals surface area contributed by atoms with Gasteiger partial charge in [0.1, 0.15) is 5.88 Å². The minimum atomic E-state index is -3.04. The van der Waals surface area contributed by atoms with Crippen LogP contribution in [0.5, 0.6) is 0 Å². The second kappa shape index (κ2) is 3.26. The highest BCUT2D eigenvalue weighted by Gasteiger charge is 2.27. The number of rotatable bonds is 3. The molecule has 0 heterocycles. The van der Waals surface area contributed by atoms with E-state index in [0.717, 1.165) is 0 Å². The molecule has 3 nitrogen and oxygen atoms in total. The fraction of sp³-hybridized carbons (Fsp3) is 0.714. The van der Waals surface area contributed by atoms with E-state index >= 15 is 0 Å². The molecule has 0 aliphatic heterocycles. The van der Waals surface area contributed by atoms with Crippen molar-refractivity contribution in [3.63, 3.8) is 0 Å². The Labute approximate surface area is 68.4 Å². The smallest absolute Gasteiger partial charge is 0.172 e. The molecule has 0 atom stereocenters. The van der Waals surface area contributed by atoms with Gasteiger partial charge in [-0.05, 0) is 27.0 Å². The average molecular weight is 177 g/mol. The maximum atomic E-state index is 11.3. The van der Waals surface area contributed by atoms with Gasteiger partial charge in [-0.25, -0.2) is 8.42 Å². The Morgan fingerprint density at radius 3 is 2.18 bits per heavy atom. The van der Waals surface area contributed by atoms with Crippen LogP contribution in [-0.4, -0.2) is 19.0 Å². The van der Waals surface area contributed by atoms with Gasteiger partial charge >= 0.3 is 0 Å². The Balaban J connectivity index is 4.37. The fourth-order valence-electron chi connectivity index (χ4n) is 0.385. The monoisotopic (exact) mass is 177 g/mol. The molecule has 4 heteroatoms. The lowest BCUT2D eigenvalue weighted by Gasteiger charge is -2.18. The molecule has 0 saturated carbocycles. The molecule has 0 radical (unpaired) electrons. The summed E-state index contributed by atoms with van der Waals surface area (Å²) in [5.41, 5.74) is 0. The highest BCUT2D eigenvalue weighted by atomic mass is 32.2. The van der Waals surface area contributed by atoms with E-state index in [1.165, 1.54) is 6.20 Å². The van der Waals surface area contributed by atoms with Gasteiger partial charge in [0, 0.05) is 0 Å². The molecule has 0 fully saturated rings. The first-order valence-corrected chi connectivity index (χ1v) is 5.03. The molecule has 0 unspecified atom stereocenters. The Bertz CT molecular complexity index is 223. The van der Waals surface area contributed by atoms with Crippen LogP contribution in [0.2, 0.25) is 0 Å². The summed E-state index contributed by atoms with van der Waals surface area (Å²) in [4.78, 5) is 0. The van der Waals surface area contributed by atoms with Crippen LogP contribution in [0, 0.1) is 0 Å². The summed E-state index contributed by atoms with van der Waals surface area (Å²) in [5.74, 6) is -0.0417. The number of sulfone groups is 1. The van der Waals surface area contributed by atoms with Crippen molar-refractivity contribution < 1.29 is 8.42 Å². The minimum Gasteiger partial charge on any atom is -0.378 e. The lowest BCUT2D eigenvalue weighted by atomic mass is 10.3. The molecule has 0 spiro atoms. The topological polar surface area (TPSA) is 46.2 Å². The van der Waals surface area contributed by atoms with Gasteiger partial charge in [-0.1, -0.05) is 6.58 Å². The van der Waals surface area contributed by atoms with Gasteiger partial charge in [-0.3, -0.25) is 0 Å². The van der Waals surface area contributed by atoms with Crippen LogP contribution < -0.4 is 5.32 Å². The van der Waals surface area contributed by atoms with Gasteiger partial charge < -0.3 is 5.32 Å². The third-order valence-electron chi connectivity index (χ3n) is 1.35. The van der Waals surface area contributed by atoms with Crippen molar-refractivity contribution in [1.29, 1.82) is 0 Å². The molecular formula is C7H15NO2S. The number of hydrogen-bond donors (Lipinski definition) is 1. The van der Waals surface area contributed by atoms with Crippen molar-refractivity contribution in [2.24, 2.45) is 0 Å². The zero-order valence-electron chi connectivity index (χ0n) is 7.22. The third kappa shape index (κ3) is 2.93. The van der Waals surface area contributed by atoms with Crippen LogP contribution in [0.15, 0.2) is 12.8 Å². The predicted molar refractivity (Wildman–Crippen MR) is 46.9 cm³/mol. The summed E-state index contributed by atoms with van der Waals surface area (Å²) in [6.45, 7) is 8.39. The maximum absolute atomic E-state index is 11.3. The van der Waals surface area contributed by atoms with Crippen LogP contribution in [0.1, 0.15) is 20.8 Å². The van der Waals surface area contributed by atoms with Gasteiger partial charge in [0.15, 0.2) is 9.84 Å². The third-order valence-corrected chi connectivity index (χ3v) is 3.76. The fourth-order valence-corrected chi connectivity index (χ4v) is 1.16. The van der Waals surface area contributed by atoms with Crippen LogP contribution in [-0.2, 0) is 9.84 Å². The summed E-state index contributed by atoms with van der Waals surface area (Å²) in [7, 11) is -3.04. The summed E-state index contributed by atoms with van der Waals surface area (Å²) >= 11 is 0. The molecule has 66 valence electrons. The molecule has 0 aliphatic rings. The van der Waals surface area contributed by atoms with Gasteiger partial charge in [0.25, 0.3) is 0 Å². The highest BCUT2D eigenvalue weighted by Crippen LogP contribution is 2.14. The Morgan fingerprint density at radius 2 is 1.91 bits per heavy atom. The van der Waals surface area contributed by atoms with E-state index in [2.05, 4.69) is 11.9 Å². The minimum absolute atomic E-state index is 0.0417. The molecule has 0 aliphatic carbocycles. The second-order valence-corrected chi connectivity index (χ2v) is 6.02. The van der Waals surface area contributed by atoms with Gasteiger partial charge in [-0.15, -0.1) is 0 Å². The first-order valence-electron chi connectivity index (χ1n) is 3.38. The summed E-state index contributed by atoms with van der Waals surface area (Å²) in [5, 5.41) is 2.57. The van der Waals surface area contributed by atoms with E-state index < -0.39 is 14.6 Å². The van der Waals surface area contributed by atoms with E-state index in [9.17, 15) is 8.42 Å². The average Bonchev–Trinajstić information content (AvgIpc) is 1.81. The zero-order chi connectivity index (χ0) is 9.12. The first-order chi connectivity index (χ1) is 4.81. The van der Waals surface area contributed by atoms with Gasteiger partial charge in [-0.2, -0.15) is 0 Å². The SMILES string of the molecule is C=CNCS(=O)(=O)C(C)(C)C. The molecule has 0 amide bonds. The van der Waals surface area contributed by atoms with Crippen molar-refractivity contribution in [2.45, 2.75) is 25.5 Å². The van der Waals surface area contributed by atoms with E-state index in [0.29, 0.717) is 0 Å². The molecule has 0 saturated heterocycles. The van der Waals surface area contributed by atoms with Gasteiger partial charge in [0.2, 0.25) is 0 Å². The van der Waals surface area contributed by atoms with Crippen LogP contribution >= 0.6 is 0 Å². The molecular weight excluding hydrogens is 162 g/mol. The summed E-state index contributed by atoms with van der Waals surface area (Å²) in [6, 6.07) is 0. The molecule has 0 aromatic carbocycles. The van der Waals surface area contributed by atoms with Crippen LogP contribution in [0.25, 0.3) is 0 Å². The first kappa shape index (κ1) is 10.5. The Kier molecular flexibility index (Phi) is 3.11. The van der Waals surface area contributed by atoms with Crippen molar-refractivity contribution in [2.75, 3.05) is 5.88 Å². The molecule has 0 rings (SSSR count). The van der Waals surface area contributed by atoms with Gasteiger partial charge in [0.05, 0.1) is 4.75 Å². The molecule has 0 aromatic heterocycles. The van der Waals surface area contributed by atoms with Crippen LogP contribution in [0.3, 0.4) is 0 Å². The second-order valence-electron chi connectivity index (χ2n) is 3.28.